The van der Waals surface area contributed by atoms with Crippen molar-refractivity contribution in [3.05, 3.63) is 65.6 Å². The maximum Gasteiger partial charge on any atom is 0.416 e. The second-order valence-electron chi connectivity index (χ2n) is 8.00. The molecule has 0 radical (unpaired) electrons. The van der Waals surface area contributed by atoms with Crippen LogP contribution in [0.4, 0.5) is 13.2 Å². The lowest BCUT2D eigenvalue weighted by Gasteiger charge is -2.35. The van der Waals surface area contributed by atoms with Crippen LogP contribution in [0.2, 0.25) is 0 Å². The third-order valence-electron chi connectivity index (χ3n) is 5.94. The highest BCUT2D eigenvalue weighted by molar-refractivity contribution is 8.09. The van der Waals surface area contributed by atoms with Gasteiger partial charge in [-0.15, -0.1) is 11.8 Å². The summed E-state index contributed by atoms with van der Waals surface area (Å²) in [6, 6.07) is 11.9. The van der Waals surface area contributed by atoms with Crippen molar-refractivity contribution in [1.82, 2.24) is 20.0 Å². The molecule has 1 aromatic heterocycles. The molecule has 0 saturated carbocycles. The molecule has 168 valence electrons. The van der Waals surface area contributed by atoms with Crippen LogP contribution >= 0.6 is 23.5 Å². The van der Waals surface area contributed by atoms with E-state index in [1.165, 1.54) is 17.0 Å². The molecule has 2 atom stereocenters. The van der Waals surface area contributed by atoms with Gasteiger partial charge in [-0.05, 0) is 61.9 Å². The van der Waals surface area contributed by atoms with Gasteiger partial charge in [-0.1, -0.05) is 23.9 Å². The maximum atomic E-state index is 13.2. The van der Waals surface area contributed by atoms with E-state index < -0.39 is 11.7 Å². The fourth-order valence-corrected chi connectivity index (χ4v) is 5.90. The van der Waals surface area contributed by atoms with Crippen LogP contribution in [0.1, 0.15) is 42.8 Å². The number of benzene rings is 2. The molecule has 32 heavy (non-hydrogen) atoms. The lowest BCUT2D eigenvalue weighted by Crippen LogP contribution is -2.41. The number of thioether (sulfide) groups is 2. The Morgan fingerprint density at radius 3 is 2.81 bits per heavy atom. The minimum Gasteiger partial charge on any atom is -0.341 e. The average Bonchev–Trinajstić information content (AvgIpc) is 3.49. The lowest BCUT2D eigenvalue weighted by molar-refractivity contribution is -0.137. The maximum absolute atomic E-state index is 13.2. The number of halogens is 3. The molecule has 1 N–H and O–H groups in total. The molecule has 0 spiro atoms. The van der Waals surface area contributed by atoms with E-state index in [4.69, 9.17) is 4.98 Å². The van der Waals surface area contributed by atoms with Crippen LogP contribution in [-0.4, -0.2) is 38.2 Å². The smallest absolute Gasteiger partial charge is 0.341 e. The number of imidazole rings is 1. The molecule has 2 aromatic carbocycles. The quantitative estimate of drug-likeness (QED) is 0.422. The zero-order valence-electron chi connectivity index (χ0n) is 17.7. The summed E-state index contributed by atoms with van der Waals surface area (Å²) in [4.78, 5) is 10.4. The Morgan fingerprint density at radius 2 is 2.03 bits per heavy atom. The van der Waals surface area contributed by atoms with Gasteiger partial charge in [0.1, 0.15) is 5.82 Å². The van der Waals surface area contributed by atoms with E-state index in [1.54, 1.807) is 29.6 Å². The van der Waals surface area contributed by atoms with Crippen molar-refractivity contribution in [1.29, 1.82) is 0 Å². The molecule has 4 nitrogen and oxygen atoms in total. The molecule has 1 fully saturated rings. The number of hydrazine groups is 1. The topological polar surface area (TPSA) is 35.2 Å². The summed E-state index contributed by atoms with van der Waals surface area (Å²) < 4.78 is 39.5. The zero-order valence-corrected chi connectivity index (χ0v) is 19.3. The molecular weight excluding hydrogens is 453 g/mol. The molecule has 0 amide bonds. The lowest BCUT2D eigenvalue weighted by atomic mass is 10.1. The summed E-state index contributed by atoms with van der Waals surface area (Å²) in [5, 5.41) is 4.55. The molecule has 0 bridgehead atoms. The number of aromatic amines is 1. The molecule has 1 unspecified atom stereocenters. The van der Waals surface area contributed by atoms with Gasteiger partial charge in [-0.25, -0.2) is 9.99 Å². The van der Waals surface area contributed by atoms with Crippen LogP contribution in [0.15, 0.2) is 53.6 Å². The van der Waals surface area contributed by atoms with Gasteiger partial charge in [0.25, 0.3) is 0 Å². The van der Waals surface area contributed by atoms with Crippen molar-refractivity contribution >= 4 is 39.5 Å². The summed E-state index contributed by atoms with van der Waals surface area (Å²) in [6.45, 7) is 2.97. The zero-order chi connectivity index (χ0) is 22.5. The number of nitrogens with zero attached hydrogens (tertiary/aromatic N) is 3. The van der Waals surface area contributed by atoms with Gasteiger partial charge in [0.2, 0.25) is 0 Å². The third-order valence-corrected chi connectivity index (χ3v) is 7.82. The first-order chi connectivity index (χ1) is 15.3. The number of H-pyrrole nitrogens is 1. The van der Waals surface area contributed by atoms with Crippen LogP contribution < -0.4 is 0 Å². The first kappa shape index (κ1) is 21.7. The highest BCUT2D eigenvalue weighted by Gasteiger charge is 2.37. The van der Waals surface area contributed by atoms with Crippen LogP contribution in [-0.2, 0) is 6.18 Å². The molecule has 0 aliphatic carbocycles. The van der Waals surface area contributed by atoms with E-state index >= 15 is 0 Å². The second kappa shape index (κ2) is 8.35. The van der Waals surface area contributed by atoms with Crippen molar-refractivity contribution in [2.24, 2.45) is 0 Å². The molecule has 3 heterocycles. The van der Waals surface area contributed by atoms with Gasteiger partial charge in [-0.2, -0.15) is 13.2 Å². The van der Waals surface area contributed by atoms with Gasteiger partial charge in [0.05, 0.1) is 28.0 Å². The summed E-state index contributed by atoms with van der Waals surface area (Å²) >= 11 is 3.28. The molecule has 2 aliphatic heterocycles. The molecule has 9 heteroatoms. The van der Waals surface area contributed by atoms with E-state index in [-0.39, 0.29) is 11.4 Å². The Bertz CT molecular complexity index is 1170. The number of alkyl halides is 3. The Kier molecular flexibility index (Phi) is 5.67. The highest BCUT2D eigenvalue weighted by Crippen LogP contribution is 2.45. The minimum absolute atomic E-state index is 0.0904. The summed E-state index contributed by atoms with van der Waals surface area (Å²) in [5.41, 5.74) is 1.97. The van der Waals surface area contributed by atoms with Crippen molar-refractivity contribution in [3.8, 4) is 0 Å². The van der Waals surface area contributed by atoms with E-state index in [0.29, 0.717) is 5.56 Å². The van der Waals surface area contributed by atoms with Crippen molar-refractivity contribution in [2.75, 3.05) is 12.8 Å². The number of rotatable bonds is 4. The first-order valence-electron chi connectivity index (χ1n) is 10.5. The standard InChI is InChI=1S/C23H23F3N4S2/c1-14-30(13-21(32-14)15-5-3-6-16(11-15)23(24,25)26)29-10-4-7-20(29)22-27-18-9-8-17(31-2)12-19(18)28-22/h3,5-6,8-9,11-14,20H,4,7,10H2,1-2H3,(H,27,28)/t14?,20-/m0/s1. The molecule has 5 rings (SSSR count). The summed E-state index contributed by atoms with van der Waals surface area (Å²) in [5.74, 6) is 0.939. The second-order valence-corrected chi connectivity index (χ2v) is 10.2. The van der Waals surface area contributed by atoms with E-state index in [2.05, 4.69) is 40.3 Å². The Morgan fingerprint density at radius 1 is 1.19 bits per heavy atom. The van der Waals surface area contributed by atoms with Crippen LogP contribution in [0, 0.1) is 0 Å². The molecule has 1 saturated heterocycles. The van der Waals surface area contributed by atoms with Crippen LogP contribution in [0.25, 0.3) is 15.9 Å². The van der Waals surface area contributed by atoms with Gasteiger partial charge in [-0.3, -0.25) is 5.01 Å². The number of fused-ring (bicyclic) bond motifs is 1. The summed E-state index contributed by atoms with van der Waals surface area (Å²) in [7, 11) is 0. The average molecular weight is 477 g/mol. The van der Waals surface area contributed by atoms with Gasteiger partial charge in [0.15, 0.2) is 0 Å². The van der Waals surface area contributed by atoms with Crippen LogP contribution in [0.5, 0.6) is 0 Å². The van der Waals surface area contributed by atoms with Crippen LogP contribution in [0.3, 0.4) is 0 Å². The van der Waals surface area contributed by atoms with E-state index in [9.17, 15) is 13.2 Å². The van der Waals surface area contributed by atoms with Crippen molar-refractivity contribution in [3.63, 3.8) is 0 Å². The predicted molar refractivity (Wildman–Crippen MR) is 125 cm³/mol. The summed E-state index contributed by atoms with van der Waals surface area (Å²) in [6.07, 6.45) is 1.71. The van der Waals surface area contributed by atoms with Crippen molar-refractivity contribution in [2.45, 2.75) is 42.3 Å². The molecule has 3 aromatic rings. The monoisotopic (exact) mass is 476 g/mol. The SMILES string of the molecule is CSc1ccc2nc([C@@H]3CCCN3N3C=C(c4cccc(C(F)(F)F)c4)SC3C)[nH]c2c1. The molecular formula is C23H23F3N4S2. The first-order valence-corrected chi connectivity index (χ1v) is 12.6. The number of hydrogen-bond acceptors (Lipinski definition) is 5. The van der Waals surface area contributed by atoms with Crippen molar-refractivity contribution < 1.29 is 13.2 Å². The van der Waals surface area contributed by atoms with Gasteiger partial charge >= 0.3 is 6.18 Å². The van der Waals surface area contributed by atoms with Gasteiger partial charge in [0, 0.05) is 22.5 Å². The largest absolute Gasteiger partial charge is 0.416 e. The minimum atomic E-state index is -4.34. The van der Waals surface area contributed by atoms with E-state index in [0.717, 1.165) is 47.2 Å². The molecule has 2 aliphatic rings. The number of aromatic nitrogens is 2. The Labute approximate surface area is 193 Å². The Hall–Kier alpha value is -2.10. The normalized spacial score (nSPS) is 22.2. The fourth-order valence-electron chi connectivity index (χ4n) is 4.37. The number of nitrogens with one attached hydrogen (secondary N) is 1. The highest BCUT2D eigenvalue weighted by atomic mass is 32.2. The Balaban J connectivity index is 1.43. The van der Waals surface area contributed by atoms with E-state index in [1.807, 2.05) is 12.3 Å². The van der Waals surface area contributed by atoms with Gasteiger partial charge < -0.3 is 4.98 Å². The third kappa shape index (κ3) is 4.02. The number of hydrogen-bond donors (Lipinski definition) is 1. The fraction of sp³-hybridized carbons (Fsp3) is 0.348. The predicted octanol–water partition coefficient (Wildman–Crippen LogP) is 6.75.